The Kier molecular flexibility index (Phi) is 1.66. The first-order valence-electron chi connectivity index (χ1n) is 4.12. The largest absolute Gasteiger partial charge is 0.374 e. The molecule has 12 heavy (non-hydrogen) atoms. The van der Waals surface area contributed by atoms with Crippen molar-refractivity contribution < 1.29 is 0 Å². The summed E-state index contributed by atoms with van der Waals surface area (Å²) in [6.07, 6.45) is 1.09. The third-order valence-corrected chi connectivity index (χ3v) is 2.42. The second-order valence-electron chi connectivity index (χ2n) is 3.12. The number of likely N-dealkylation sites (N-methyl/N-ethyl adjacent to an activating group) is 1. The molecule has 0 aliphatic carbocycles. The number of anilines is 2. The van der Waals surface area contributed by atoms with Gasteiger partial charge in [0.2, 0.25) is 0 Å². The third kappa shape index (κ3) is 0.940. The second-order valence-corrected chi connectivity index (χ2v) is 3.12. The molecule has 0 saturated carbocycles. The fourth-order valence-electron chi connectivity index (χ4n) is 1.73. The smallest absolute Gasteiger partial charge is 0.0538 e. The van der Waals surface area contributed by atoms with Gasteiger partial charge in [-0.05, 0) is 18.6 Å². The molecule has 1 aliphatic rings. The zero-order valence-corrected chi connectivity index (χ0v) is 7.17. The molecule has 3 N–H and O–H groups in total. The zero-order valence-electron chi connectivity index (χ0n) is 7.17. The van der Waals surface area contributed by atoms with Crippen LogP contribution in [0.2, 0.25) is 0 Å². The SMILES string of the molecule is CN1CCc2c(NN)cccc21. The van der Waals surface area contributed by atoms with E-state index in [-0.39, 0.29) is 0 Å². The van der Waals surface area contributed by atoms with E-state index >= 15 is 0 Å². The number of nitrogens with zero attached hydrogens (tertiary/aromatic N) is 1. The summed E-state index contributed by atoms with van der Waals surface area (Å²) in [6.45, 7) is 1.09. The van der Waals surface area contributed by atoms with Crippen molar-refractivity contribution in [2.75, 3.05) is 23.9 Å². The Morgan fingerprint density at radius 2 is 2.33 bits per heavy atom. The Bertz CT molecular complexity index is 296. The molecule has 0 atom stereocenters. The van der Waals surface area contributed by atoms with Crippen LogP contribution >= 0.6 is 0 Å². The van der Waals surface area contributed by atoms with Gasteiger partial charge in [0.1, 0.15) is 0 Å². The van der Waals surface area contributed by atoms with Crippen LogP contribution in [0.4, 0.5) is 11.4 Å². The number of nitrogens with one attached hydrogen (secondary N) is 1. The van der Waals surface area contributed by atoms with Gasteiger partial charge >= 0.3 is 0 Å². The monoisotopic (exact) mass is 163 g/mol. The van der Waals surface area contributed by atoms with Crippen LogP contribution < -0.4 is 16.2 Å². The number of hydrogen-bond acceptors (Lipinski definition) is 3. The van der Waals surface area contributed by atoms with Gasteiger partial charge in [-0.1, -0.05) is 6.07 Å². The molecule has 3 nitrogen and oxygen atoms in total. The minimum absolute atomic E-state index is 1.05. The quantitative estimate of drug-likeness (QED) is 0.478. The Morgan fingerprint density at radius 1 is 1.50 bits per heavy atom. The van der Waals surface area contributed by atoms with Crippen LogP contribution in [0.1, 0.15) is 5.56 Å². The van der Waals surface area contributed by atoms with E-state index in [1.807, 2.05) is 12.1 Å². The number of fused-ring (bicyclic) bond motifs is 1. The molecule has 0 spiro atoms. The van der Waals surface area contributed by atoms with Gasteiger partial charge in [-0.2, -0.15) is 0 Å². The Labute approximate surface area is 72.1 Å². The molecular formula is C9H13N3. The summed E-state index contributed by atoms with van der Waals surface area (Å²) < 4.78 is 0. The standard InChI is InChI=1S/C9H13N3/c1-12-6-5-7-8(11-10)3-2-4-9(7)12/h2-4,11H,5-6,10H2,1H3. The van der Waals surface area contributed by atoms with Crippen molar-refractivity contribution in [3.63, 3.8) is 0 Å². The van der Waals surface area contributed by atoms with E-state index in [1.165, 1.54) is 11.3 Å². The lowest BCUT2D eigenvalue weighted by molar-refractivity contribution is 0.956. The molecular weight excluding hydrogens is 150 g/mol. The summed E-state index contributed by atoms with van der Waals surface area (Å²) in [4.78, 5) is 2.25. The predicted molar refractivity (Wildman–Crippen MR) is 51.2 cm³/mol. The average Bonchev–Trinajstić information content (AvgIpc) is 2.48. The molecule has 64 valence electrons. The normalized spacial score (nSPS) is 14.7. The molecule has 0 fully saturated rings. The van der Waals surface area contributed by atoms with E-state index < -0.39 is 0 Å². The summed E-state index contributed by atoms with van der Waals surface area (Å²) in [7, 11) is 2.10. The minimum atomic E-state index is 1.05. The van der Waals surface area contributed by atoms with Gasteiger partial charge in [-0.3, -0.25) is 5.84 Å². The first kappa shape index (κ1) is 7.43. The van der Waals surface area contributed by atoms with Crippen LogP contribution in [-0.4, -0.2) is 13.6 Å². The van der Waals surface area contributed by atoms with Crippen LogP contribution in [0, 0.1) is 0 Å². The van der Waals surface area contributed by atoms with Crippen LogP contribution in [0.25, 0.3) is 0 Å². The van der Waals surface area contributed by atoms with E-state index in [4.69, 9.17) is 5.84 Å². The van der Waals surface area contributed by atoms with Crippen molar-refractivity contribution in [2.45, 2.75) is 6.42 Å². The lowest BCUT2D eigenvalue weighted by Gasteiger charge is -2.12. The van der Waals surface area contributed by atoms with Crippen molar-refractivity contribution in [1.82, 2.24) is 0 Å². The van der Waals surface area contributed by atoms with Gasteiger partial charge in [0.15, 0.2) is 0 Å². The van der Waals surface area contributed by atoms with E-state index in [9.17, 15) is 0 Å². The Balaban J connectivity index is 2.50. The lowest BCUT2D eigenvalue weighted by atomic mass is 10.1. The maximum Gasteiger partial charge on any atom is 0.0538 e. The van der Waals surface area contributed by atoms with Crippen molar-refractivity contribution in [3.05, 3.63) is 23.8 Å². The number of benzene rings is 1. The van der Waals surface area contributed by atoms with E-state index in [2.05, 4.69) is 23.4 Å². The van der Waals surface area contributed by atoms with Crippen LogP contribution in [0.15, 0.2) is 18.2 Å². The highest BCUT2D eigenvalue weighted by atomic mass is 15.2. The van der Waals surface area contributed by atoms with Crippen molar-refractivity contribution >= 4 is 11.4 Å². The molecule has 0 bridgehead atoms. The summed E-state index contributed by atoms with van der Waals surface area (Å²) in [5.41, 5.74) is 6.41. The Hall–Kier alpha value is -1.22. The van der Waals surface area contributed by atoms with Crippen LogP contribution in [0.3, 0.4) is 0 Å². The molecule has 1 aromatic carbocycles. The fourth-order valence-corrected chi connectivity index (χ4v) is 1.73. The Morgan fingerprint density at radius 3 is 3.08 bits per heavy atom. The summed E-state index contributed by atoms with van der Waals surface area (Å²) in [5, 5.41) is 0. The summed E-state index contributed by atoms with van der Waals surface area (Å²) >= 11 is 0. The molecule has 0 unspecified atom stereocenters. The number of nitrogens with two attached hydrogens (primary N) is 1. The molecule has 0 amide bonds. The average molecular weight is 163 g/mol. The van der Waals surface area contributed by atoms with Gasteiger partial charge < -0.3 is 10.3 Å². The maximum atomic E-state index is 5.40. The van der Waals surface area contributed by atoms with Crippen molar-refractivity contribution in [3.8, 4) is 0 Å². The van der Waals surface area contributed by atoms with Gasteiger partial charge in [0.05, 0.1) is 5.69 Å². The highest BCUT2D eigenvalue weighted by Crippen LogP contribution is 2.31. The maximum absolute atomic E-state index is 5.40. The summed E-state index contributed by atoms with van der Waals surface area (Å²) in [6, 6.07) is 6.16. The molecule has 1 aliphatic heterocycles. The number of hydrogen-bond donors (Lipinski definition) is 2. The lowest BCUT2D eigenvalue weighted by Crippen LogP contribution is -2.12. The number of nitrogen functional groups attached to an aromatic ring is 1. The molecule has 1 aromatic rings. The fraction of sp³-hybridized carbons (Fsp3) is 0.333. The van der Waals surface area contributed by atoms with Crippen molar-refractivity contribution in [2.24, 2.45) is 5.84 Å². The van der Waals surface area contributed by atoms with Crippen molar-refractivity contribution in [1.29, 1.82) is 0 Å². The van der Waals surface area contributed by atoms with Gasteiger partial charge in [-0.25, -0.2) is 0 Å². The molecule has 0 radical (unpaired) electrons. The first-order valence-corrected chi connectivity index (χ1v) is 4.12. The predicted octanol–water partition coefficient (Wildman–Crippen LogP) is 0.964. The minimum Gasteiger partial charge on any atom is -0.374 e. The zero-order chi connectivity index (χ0) is 8.55. The van der Waals surface area contributed by atoms with E-state index in [0.29, 0.717) is 0 Å². The molecule has 0 aromatic heterocycles. The number of hydrazine groups is 1. The van der Waals surface area contributed by atoms with E-state index in [0.717, 1.165) is 18.7 Å². The third-order valence-electron chi connectivity index (χ3n) is 2.42. The van der Waals surface area contributed by atoms with Crippen LogP contribution in [0.5, 0.6) is 0 Å². The topological polar surface area (TPSA) is 41.3 Å². The molecule has 3 heteroatoms. The highest BCUT2D eigenvalue weighted by molar-refractivity contribution is 5.69. The molecule has 2 rings (SSSR count). The van der Waals surface area contributed by atoms with Gasteiger partial charge in [0, 0.05) is 24.8 Å². The van der Waals surface area contributed by atoms with E-state index in [1.54, 1.807) is 0 Å². The first-order chi connectivity index (χ1) is 5.83. The number of rotatable bonds is 1. The van der Waals surface area contributed by atoms with Gasteiger partial charge in [0.25, 0.3) is 0 Å². The molecule has 1 heterocycles. The second kappa shape index (κ2) is 2.68. The van der Waals surface area contributed by atoms with Crippen LogP contribution in [-0.2, 0) is 6.42 Å². The highest BCUT2D eigenvalue weighted by Gasteiger charge is 2.17. The molecule has 0 saturated heterocycles. The van der Waals surface area contributed by atoms with Gasteiger partial charge in [-0.15, -0.1) is 0 Å². The summed E-state index contributed by atoms with van der Waals surface area (Å²) in [5.74, 6) is 5.40.